The lowest BCUT2D eigenvalue weighted by atomic mass is 10.3. The molecule has 0 aliphatic rings. The van der Waals surface area contributed by atoms with Gasteiger partial charge in [0.1, 0.15) is 6.33 Å². The van der Waals surface area contributed by atoms with Crippen LogP contribution >= 0.6 is 11.3 Å². The van der Waals surface area contributed by atoms with Crippen molar-refractivity contribution < 1.29 is 5.11 Å². The maximum absolute atomic E-state index is 12.3. The van der Waals surface area contributed by atoms with Crippen LogP contribution in [0.2, 0.25) is 0 Å². The molecule has 0 aliphatic heterocycles. The van der Waals surface area contributed by atoms with Crippen LogP contribution < -0.4 is 5.56 Å². The summed E-state index contributed by atoms with van der Waals surface area (Å²) in [5, 5.41) is 22.7. The fraction of sp³-hybridized carbons (Fsp3) is 0.200. The summed E-state index contributed by atoms with van der Waals surface area (Å²) in [6.45, 7) is 0.0260. The van der Waals surface area contributed by atoms with Crippen LogP contribution in [0.4, 0.5) is 0 Å². The lowest BCUT2D eigenvalue weighted by Crippen LogP contribution is -2.27. The Morgan fingerprint density at radius 1 is 1.44 bits per heavy atom. The third-order valence-electron chi connectivity index (χ3n) is 2.49. The van der Waals surface area contributed by atoms with Crippen molar-refractivity contribution in [1.82, 2.24) is 24.4 Å². The van der Waals surface area contributed by atoms with Gasteiger partial charge in [-0.1, -0.05) is 6.07 Å². The van der Waals surface area contributed by atoms with E-state index in [9.17, 15) is 4.79 Å². The highest BCUT2D eigenvalue weighted by Gasteiger charge is 2.14. The van der Waals surface area contributed by atoms with Crippen LogP contribution in [0.15, 0.2) is 28.6 Å². The van der Waals surface area contributed by atoms with Gasteiger partial charge >= 0.3 is 0 Å². The van der Waals surface area contributed by atoms with E-state index >= 15 is 0 Å². The maximum Gasteiger partial charge on any atom is 0.282 e. The maximum atomic E-state index is 12.3. The molecule has 0 aliphatic carbocycles. The van der Waals surface area contributed by atoms with Crippen molar-refractivity contribution in [3.8, 4) is 10.6 Å². The Labute approximate surface area is 105 Å². The Morgan fingerprint density at radius 2 is 2.33 bits per heavy atom. The van der Waals surface area contributed by atoms with Gasteiger partial charge in [0, 0.05) is 0 Å². The van der Waals surface area contributed by atoms with Gasteiger partial charge in [0.15, 0.2) is 5.69 Å². The summed E-state index contributed by atoms with van der Waals surface area (Å²) in [5.41, 5.74) is 0.0674. The second kappa shape index (κ2) is 4.31. The molecule has 8 heteroatoms. The van der Waals surface area contributed by atoms with E-state index in [0.29, 0.717) is 11.5 Å². The van der Waals surface area contributed by atoms with Crippen LogP contribution in [0, 0.1) is 0 Å². The van der Waals surface area contributed by atoms with Crippen molar-refractivity contribution in [1.29, 1.82) is 0 Å². The van der Waals surface area contributed by atoms with Crippen molar-refractivity contribution in [3.05, 3.63) is 34.2 Å². The molecular weight excluding hydrogens is 254 g/mol. The van der Waals surface area contributed by atoms with Crippen molar-refractivity contribution in [3.63, 3.8) is 0 Å². The SMILES string of the molecule is O=c1c(-c2cccs2)nn2cnnc2n1CCO. The summed E-state index contributed by atoms with van der Waals surface area (Å²) < 4.78 is 2.81. The molecule has 1 N–H and O–H groups in total. The van der Waals surface area contributed by atoms with E-state index < -0.39 is 0 Å². The third kappa shape index (κ3) is 1.62. The Kier molecular flexibility index (Phi) is 2.65. The lowest BCUT2D eigenvalue weighted by molar-refractivity contribution is 0.275. The fourth-order valence-corrected chi connectivity index (χ4v) is 2.41. The lowest BCUT2D eigenvalue weighted by Gasteiger charge is -2.06. The third-order valence-corrected chi connectivity index (χ3v) is 3.36. The zero-order valence-corrected chi connectivity index (χ0v) is 10.0. The average molecular weight is 263 g/mol. The number of fused-ring (bicyclic) bond motifs is 1. The van der Waals surface area contributed by atoms with Crippen molar-refractivity contribution in [2.24, 2.45) is 0 Å². The molecule has 0 radical (unpaired) electrons. The fourth-order valence-electron chi connectivity index (χ4n) is 1.71. The van der Waals surface area contributed by atoms with Crippen molar-refractivity contribution >= 4 is 17.1 Å². The highest BCUT2D eigenvalue weighted by molar-refractivity contribution is 7.13. The molecule has 0 spiro atoms. The Morgan fingerprint density at radius 3 is 3.06 bits per heavy atom. The van der Waals surface area contributed by atoms with E-state index in [4.69, 9.17) is 5.11 Å². The van der Waals surface area contributed by atoms with Crippen LogP contribution in [0.5, 0.6) is 0 Å². The highest BCUT2D eigenvalue weighted by atomic mass is 32.1. The number of thiophene rings is 1. The molecule has 0 atom stereocenters. The molecular formula is C10H9N5O2S. The molecule has 3 aromatic heterocycles. The first-order chi connectivity index (χ1) is 8.81. The molecule has 3 heterocycles. The van der Waals surface area contributed by atoms with Gasteiger partial charge < -0.3 is 5.11 Å². The van der Waals surface area contributed by atoms with Gasteiger partial charge in [0.2, 0.25) is 0 Å². The van der Waals surface area contributed by atoms with Gasteiger partial charge in [0.25, 0.3) is 11.3 Å². The first-order valence-electron chi connectivity index (χ1n) is 5.27. The minimum absolute atomic E-state index is 0.143. The molecule has 18 heavy (non-hydrogen) atoms. The number of hydrogen-bond donors (Lipinski definition) is 1. The van der Waals surface area contributed by atoms with Gasteiger partial charge in [0.05, 0.1) is 18.0 Å². The minimum Gasteiger partial charge on any atom is -0.395 e. The summed E-state index contributed by atoms with van der Waals surface area (Å²) >= 11 is 1.44. The monoisotopic (exact) mass is 263 g/mol. The predicted octanol–water partition coefficient (Wildman–Crippen LogP) is 0.00680. The standard InChI is InChI=1S/C10H9N5O2S/c16-4-3-14-9(17)8(7-2-1-5-18-7)13-15-6-11-12-10(14)15/h1-2,5-6,16H,3-4H2. The molecule has 0 unspecified atom stereocenters. The Balaban J connectivity index is 2.33. The van der Waals surface area contributed by atoms with E-state index in [1.54, 1.807) is 0 Å². The molecule has 0 saturated heterocycles. The van der Waals surface area contributed by atoms with Crippen LogP contribution in [0.3, 0.4) is 0 Å². The zero-order chi connectivity index (χ0) is 12.5. The molecule has 0 saturated carbocycles. The summed E-state index contributed by atoms with van der Waals surface area (Å²) in [5.74, 6) is 0.328. The highest BCUT2D eigenvalue weighted by Crippen LogP contribution is 2.19. The summed E-state index contributed by atoms with van der Waals surface area (Å²) in [7, 11) is 0. The van der Waals surface area contributed by atoms with Gasteiger partial charge in [-0.2, -0.15) is 9.61 Å². The smallest absolute Gasteiger partial charge is 0.282 e. The van der Waals surface area contributed by atoms with Gasteiger partial charge in [-0.05, 0) is 11.4 Å². The van der Waals surface area contributed by atoms with E-state index in [2.05, 4.69) is 15.3 Å². The Hall–Kier alpha value is -2.06. The summed E-state index contributed by atoms with van der Waals surface area (Å²) in [4.78, 5) is 13.1. The van der Waals surface area contributed by atoms with Crippen LogP contribution in [0.1, 0.15) is 0 Å². The molecule has 3 rings (SSSR count). The van der Waals surface area contributed by atoms with Crippen LogP contribution in [0.25, 0.3) is 16.3 Å². The van der Waals surface area contributed by atoms with E-state index in [1.165, 1.54) is 26.7 Å². The number of hydrogen-bond acceptors (Lipinski definition) is 6. The second-order valence-corrected chi connectivity index (χ2v) is 4.53. The number of aliphatic hydroxyl groups excluding tert-OH is 1. The van der Waals surface area contributed by atoms with Crippen molar-refractivity contribution in [2.75, 3.05) is 6.61 Å². The summed E-state index contributed by atoms with van der Waals surface area (Å²) in [6, 6.07) is 3.68. The van der Waals surface area contributed by atoms with Gasteiger partial charge in [-0.3, -0.25) is 9.36 Å². The summed E-state index contributed by atoms with van der Waals surface area (Å²) in [6.07, 6.45) is 1.43. The zero-order valence-electron chi connectivity index (χ0n) is 9.22. The number of nitrogens with zero attached hydrogens (tertiary/aromatic N) is 5. The number of rotatable bonds is 3. The molecule has 0 bridgehead atoms. The predicted molar refractivity (Wildman–Crippen MR) is 65.4 cm³/mol. The van der Waals surface area contributed by atoms with Crippen LogP contribution in [-0.2, 0) is 6.54 Å². The topological polar surface area (TPSA) is 85.3 Å². The minimum atomic E-state index is -0.271. The largest absolute Gasteiger partial charge is 0.395 e. The normalized spacial score (nSPS) is 11.2. The van der Waals surface area contributed by atoms with Gasteiger partial charge in [-0.25, -0.2) is 0 Å². The first kappa shape index (κ1) is 11.1. The molecule has 3 aromatic rings. The molecule has 0 aromatic carbocycles. The number of aromatic nitrogens is 5. The molecule has 7 nitrogen and oxygen atoms in total. The quantitative estimate of drug-likeness (QED) is 0.719. The Bertz CT molecular complexity index is 730. The van der Waals surface area contributed by atoms with Gasteiger partial charge in [-0.15, -0.1) is 21.5 Å². The van der Waals surface area contributed by atoms with Crippen LogP contribution in [-0.4, -0.2) is 36.1 Å². The van der Waals surface area contributed by atoms with E-state index in [1.807, 2.05) is 17.5 Å². The molecule has 0 fully saturated rings. The molecule has 0 amide bonds. The van der Waals surface area contributed by atoms with E-state index in [0.717, 1.165) is 4.88 Å². The second-order valence-electron chi connectivity index (χ2n) is 3.58. The average Bonchev–Trinajstić information content (AvgIpc) is 3.02. The van der Waals surface area contributed by atoms with Crippen molar-refractivity contribution in [2.45, 2.75) is 6.54 Å². The molecule has 92 valence electrons. The van der Waals surface area contributed by atoms with E-state index in [-0.39, 0.29) is 18.7 Å². The first-order valence-corrected chi connectivity index (χ1v) is 6.15. The number of aliphatic hydroxyl groups is 1.